The lowest BCUT2D eigenvalue weighted by Gasteiger charge is -2.28. The summed E-state index contributed by atoms with van der Waals surface area (Å²) in [6.45, 7) is 4.75. The van der Waals surface area contributed by atoms with Gasteiger partial charge in [-0.3, -0.25) is 0 Å². The second-order valence-electron chi connectivity index (χ2n) is 5.13. The summed E-state index contributed by atoms with van der Waals surface area (Å²) in [5.41, 5.74) is 2.14. The molecule has 0 heterocycles. The molecule has 0 radical (unpaired) electrons. The highest BCUT2D eigenvalue weighted by atomic mass is 19.1. The van der Waals surface area contributed by atoms with Crippen molar-refractivity contribution in [1.29, 1.82) is 0 Å². The van der Waals surface area contributed by atoms with Crippen molar-refractivity contribution in [1.82, 2.24) is 0 Å². The summed E-state index contributed by atoms with van der Waals surface area (Å²) >= 11 is 0. The van der Waals surface area contributed by atoms with E-state index in [4.69, 9.17) is 10.5 Å². The minimum atomic E-state index is -2.44. The van der Waals surface area contributed by atoms with Crippen molar-refractivity contribution in [3.05, 3.63) is 35.6 Å². The third-order valence-corrected chi connectivity index (χ3v) is 2.34. The number of carboxylic acids is 1. The topological polar surface area (TPSA) is 89.6 Å². The molecule has 0 aromatic heterocycles. The van der Waals surface area contributed by atoms with Crippen LogP contribution in [0.15, 0.2) is 24.3 Å². The number of halogens is 1. The standard InChI is InChI=1S/C13H16FNO4/c1-12(2,3)19-11(18)13(15,10(16)17)8-5-4-6-9(14)7-8/h4-7H,15H2,1-3H3,(H,16,17)/t13-/m1/s1. The van der Waals surface area contributed by atoms with Gasteiger partial charge < -0.3 is 15.6 Å². The van der Waals surface area contributed by atoms with E-state index in [0.717, 1.165) is 12.1 Å². The molecular weight excluding hydrogens is 253 g/mol. The van der Waals surface area contributed by atoms with Gasteiger partial charge in [-0.05, 0) is 38.5 Å². The Morgan fingerprint density at radius 1 is 1.32 bits per heavy atom. The van der Waals surface area contributed by atoms with E-state index in [1.54, 1.807) is 20.8 Å². The molecule has 1 aromatic rings. The number of nitrogens with two attached hydrogens (primary N) is 1. The lowest BCUT2D eigenvalue weighted by Crippen LogP contribution is -2.54. The number of hydrogen-bond acceptors (Lipinski definition) is 4. The molecule has 6 heteroatoms. The number of esters is 1. The second kappa shape index (κ2) is 4.97. The van der Waals surface area contributed by atoms with Crippen molar-refractivity contribution in [2.24, 2.45) is 5.73 Å². The van der Waals surface area contributed by atoms with Gasteiger partial charge in [0, 0.05) is 0 Å². The summed E-state index contributed by atoms with van der Waals surface area (Å²) in [5, 5.41) is 9.20. The number of ether oxygens (including phenoxy) is 1. The zero-order valence-corrected chi connectivity index (χ0v) is 10.9. The highest BCUT2D eigenvalue weighted by molar-refractivity contribution is 6.04. The van der Waals surface area contributed by atoms with Crippen molar-refractivity contribution in [3.63, 3.8) is 0 Å². The van der Waals surface area contributed by atoms with Crippen molar-refractivity contribution in [2.45, 2.75) is 31.9 Å². The number of carboxylic acid groups (broad SMARTS) is 1. The van der Waals surface area contributed by atoms with Crippen molar-refractivity contribution >= 4 is 11.9 Å². The zero-order valence-electron chi connectivity index (χ0n) is 10.9. The molecule has 0 amide bonds. The third kappa shape index (κ3) is 3.29. The van der Waals surface area contributed by atoms with Crippen LogP contribution in [0.5, 0.6) is 0 Å². The summed E-state index contributed by atoms with van der Waals surface area (Å²) in [4.78, 5) is 23.3. The fourth-order valence-corrected chi connectivity index (χ4v) is 1.42. The van der Waals surface area contributed by atoms with E-state index in [1.165, 1.54) is 12.1 Å². The molecule has 104 valence electrons. The number of aliphatic carboxylic acids is 1. The Morgan fingerprint density at radius 2 is 1.89 bits per heavy atom. The predicted molar refractivity (Wildman–Crippen MR) is 65.7 cm³/mol. The van der Waals surface area contributed by atoms with Crippen molar-refractivity contribution < 1.29 is 23.8 Å². The second-order valence-corrected chi connectivity index (χ2v) is 5.13. The van der Waals surface area contributed by atoms with Crippen molar-refractivity contribution in [2.75, 3.05) is 0 Å². The Morgan fingerprint density at radius 3 is 2.32 bits per heavy atom. The quantitative estimate of drug-likeness (QED) is 0.639. The molecule has 0 aliphatic heterocycles. The van der Waals surface area contributed by atoms with E-state index >= 15 is 0 Å². The first-order chi connectivity index (χ1) is 8.57. The van der Waals surface area contributed by atoms with E-state index in [9.17, 15) is 19.1 Å². The summed E-state index contributed by atoms with van der Waals surface area (Å²) < 4.78 is 18.2. The van der Waals surface area contributed by atoms with Gasteiger partial charge in [0.05, 0.1) is 0 Å². The van der Waals surface area contributed by atoms with Gasteiger partial charge in [-0.15, -0.1) is 0 Å². The highest BCUT2D eigenvalue weighted by Crippen LogP contribution is 2.24. The van der Waals surface area contributed by atoms with Gasteiger partial charge in [0.1, 0.15) is 11.4 Å². The van der Waals surface area contributed by atoms with Gasteiger partial charge in [0.2, 0.25) is 5.54 Å². The fraction of sp³-hybridized carbons (Fsp3) is 0.385. The highest BCUT2D eigenvalue weighted by Gasteiger charge is 2.47. The Bertz CT molecular complexity index is 510. The van der Waals surface area contributed by atoms with Crippen LogP contribution in [-0.4, -0.2) is 22.6 Å². The molecule has 0 spiro atoms. The van der Waals surface area contributed by atoms with Crippen molar-refractivity contribution in [3.8, 4) is 0 Å². The first kappa shape index (κ1) is 15.1. The monoisotopic (exact) mass is 269 g/mol. The number of carbonyl (C=O) groups is 2. The summed E-state index contributed by atoms with van der Waals surface area (Å²) in [6, 6.07) is 4.57. The van der Waals surface area contributed by atoms with Crippen LogP contribution < -0.4 is 5.73 Å². The lowest BCUT2D eigenvalue weighted by atomic mass is 9.91. The van der Waals surface area contributed by atoms with Crippen LogP contribution in [0.4, 0.5) is 4.39 Å². The molecular formula is C13H16FNO4. The molecule has 0 saturated carbocycles. The summed E-state index contributed by atoms with van der Waals surface area (Å²) in [7, 11) is 0. The molecule has 0 aliphatic rings. The van der Waals surface area contributed by atoms with E-state index in [-0.39, 0.29) is 5.56 Å². The van der Waals surface area contributed by atoms with Gasteiger partial charge >= 0.3 is 11.9 Å². The van der Waals surface area contributed by atoms with Crippen LogP contribution in [0.3, 0.4) is 0 Å². The van der Waals surface area contributed by atoms with Crippen LogP contribution in [0, 0.1) is 5.82 Å². The lowest BCUT2D eigenvalue weighted by molar-refractivity contribution is -0.169. The van der Waals surface area contributed by atoms with Gasteiger partial charge in [-0.2, -0.15) is 0 Å². The average Bonchev–Trinajstić information content (AvgIpc) is 2.25. The Kier molecular flexibility index (Phi) is 3.95. The Labute approximate surface area is 110 Å². The van der Waals surface area contributed by atoms with Gasteiger partial charge in [-0.1, -0.05) is 12.1 Å². The molecule has 3 N–H and O–H groups in total. The van der Waals surface area contributed by atoms with Crippen LogP contribution in [0.25, 0.3) is 0 Å². The van der Waals surface area contributed by atoms with Crippen LogP contribution in [0.2, 0.25) is 0 Å². The average molecular weight is 269 g/mol. The fourth-order valence-electron chi connectivity index (χ4n) is 1.42. The minimum Gasteiger partial charge on any atom is -0.479 e. The molecule has 1 rings (SSSR count). The predicted octanol–water partition coefficient (Wildman–Crippen LogP) is 1.41. The maximum Gasteiger partial charge on any atom is 0.343 e. The van der Waals surface area contributed by atoms with Gasteiger partial charge in [-0.25, -0.2) is 14.0 Å². The Balaban J connectivity index is 3.25. The maximum atomic E-state index is 13.2. The van der Waals surface area contributed by atoms with E-state index in [0.29, 0.717) is 0 Å². The van der Waals surface area contributed by atoms with E-state index in [2.05, 4.69) is 0 Å². The summed E-state index contributed by atoms with van der Waals surface area (Å²) in [6.07, 6.45) is 0. The molecule has 5 nitrogen and oxygen atoms in total. The largest absolute Gasteiger partial charge is 0.479 e. The molecule has 0 aliphatic carbocycles. The Hall–Kier alpha value is -1.95. The molecule has 0 saturated heterocycles. The number of rotatable bonds is 3. The summed E-state index contributed by atoms with van der Waals surface area (Å²) in [5.74, 6) is -3.43. The third-order valence-electron chi connectivity index (χ3n) is 2.34. The maximum absolute atomic E-state index is 13.2. The van der Waals surface area contributed by atoms with Crippen LogP contribution in [0.1, 0.15) is 26.3 Å². The first-order valence-corrected chi connectivity index (χ1v) is 5.59. The minimum absolute atomic E-state index is 0.172. The first-order valence-electron chi connectivity index (χ1n) is 5.59. The normalized spacial score (nSPS) is 14.6. The van der Waals surface area contributed by atoms with E-state index in [1.807, 2.05) is 0 Å². The number of benzene rings is 1. The molecule has 1 atom stereocenters. The molecule has 19 heavy (non-hydrogen) atoms. The van der Waals surface area contributed by atoms with Gasteiger partial charge in [0.25, 0.3) is 0 Å². The number of hydrogen-bond donors (Lipinski definition) is 2. The smallest absolute Gasteiger partial charge is 0.343 e. The van der Waals surface area contributed by atoms with Gasteiger partial charge in [0.15, 0.2) is 0 Å². The van der Waals surface area contributed by atoms with Crippen LogP contribution >= 0.6 is 0 Å². The molecule has 1 aromatic carbocycles. The van der Waals surface area contributed by atoms with Crippen LogP contribution in [-0.2, 0) is 19.9 Å². The SMILES string of the molecule is CC(C)(C)OC(=O)[C@](N)(C(=O)O)c1cccc(F)c1. The molecule has 0 unspecified atom stereocenters. The zero-order chi connectivity index (χ0) is 14.8. The number of carbonyl (C=O) groups excluding carboxylic acids is 1. The molecule has 0 bridgehead atoms. The molecule has 0 fully saturated rings. The van der Waals surface area contributed by atoms with E-state index < -0.39 is 28.9 Å².